The molecule has 5 heteroatoms. The van der Waals surface area contributed by atoms with Crippen LogP contribution >= 0.6 is 27.5 Å². The molecule has 1 aromatic heterocycles. The van der Waals surface area contributed by atoms with Crippen LogP contribution in [0, 0.1) is 5.82 Å². The first kappa shape index (κ1) is 14.5. The van der Waals surface area contributed by atoms with Gasteiger partial charge in [-0.25, -0.2) is 9.37 Å². The molecule has 0 aliphatic heterocycles. The molecule has 0 spiro atoms. The predicted octanol–water partition coefficient (Wildman–Crippen LogP) is 4.92. The molecule has 0 fully saturated rings. The minimum atomic E-state index is -0.211. The van der Waals surface area contributed by atoms with Crippen LogP contribution in [0.5, 0.6) is 0 Å². The molecule has 2 aromatic carbocycles. The number of nitrogens with zero attached hydrogens (tertiary/aromatic N) is 2. The number of aromatic nitrogens is 2. The fourth-order valence-corrected chi connectivity index (χ4v) is 2.94. The molecule has 0 unspecified atom stereocenters. The van der Waals surface area contributed by atoms with Gasteiger partial charge < -0.3 is 4.57 Å². The summed E-state index contributed by atoms with van der Waals surface area (Å²) in [5, 5.41) is 0. The molecule has 0 saturated heterocycles. The molecular formula is C16H13BrClFN2. The van der Waals surface area contributed by atoms with Gasteiger partial charge in [0.05, 0.1) is 16.9 Å². The van der Waals surface area contributed by atoms with Gasteiger partial charge in [0.15, 0.2) is 0 Å². The third kappa shape index (κ3) is 3.11. The van der Waals surface area contributed by atoms with E-state index in [2.05, 4.69) is 25.5 Å². The average Bonchev–Trinajstić information content (AvgIpc) is 2.84. The third-order valence-corrected chi connectivity index (χ3v) is 4.18. The Bertz CT molecular complexity index is 768. The van der Waals surface area contributed by atoms with Crippen molar-refractivity contribution in [3.63, 3.8) is 0 Å². The lowest BCUT2D eigenvalue weighted by Gasteiger charge is -2.08. The number of benzene rings is 2. The number of hydrogen-bond donors (Lipinski definition) is 0. The molecular weight excluding hydrogens is 355 g/mol. The Balaban J connectivity index is 1.91. The fourth-order valence-electron chi connectivity index (χ4n) is 2.39. The number of rotatable bonds is 4. The van der Waals surface area contributed by atoms with Crippen molar-refractivity contribution in [1.82, 2.24) is 9.55 Å². The SMILES string of the molecule is Fc1ccc(CCn2c(CCl)nc3ccc(Br)cc32)cc1. The zero-order valence-corrected chi connectivity index (χ0v) is 13.5. The molecule has 0 aliphatic carbocycles. The molecule has 21 heavy (non-hydrogen) atoms. The first-order valence-electron chi connectivity index (χ1n) is 6.62. The second kappa shape index (κ2) is 6.16. The standard InChI is InChI=1S/C16H13BrClFN2/c17-12-3-6-14-15(9-12)21(16(10-18)20-14)8-7-11-1-4-13(19)5-2-11/h1-6,9H,7-8,10H2. The van der Waals surface area contributed by atoms with Crippen molar-refractivity contribution in [2.24, 2.45) is 0 Å². The molecule has 0 N–H and O–H groups in total. The van der Waals surface area contributed by atoms with E-state index in [1.165, 1.54) is 12.1 Å². The van der Waals surface area contributed by atoms with Gasteiger partial charge in [-0.1, -0.05) is 28.1 Å². The maximum atomic E-state index is 12.9. The maximum absolute atomic E-state index is 12.9. The first-order chi connectivity index (χ1) is 10.2. The number of imidazole rings is 1. The van der Waals surface area contributed by atoms with E-state index in [4.69, 9.17) is 11.6 Å². The van der Waals surface area contributed by atoms with Gasteiger partial charge in [-0.15, -0.1) is 11.6 Å². The molecule has 3 rings (SSSR count). The van der Waals surface area contributed by atoms with Crippen LogP contribution in [0.1, 0.15) is 11.4 Å². The molecule has 1 heterocycles. The zero-order chi connectivity index (χ0) is 14.8. The molecule has 108 valence electrons. The quantitative estimate of drug-likeness (QED) is 0.599. The summed E-state index contributed by atoms with van der Waals surface area (Å²) in [5.41, 5.74) is 3.09. The van der Waals surface area contributed by atoms with E-state index < -0.39 is 0 Å². The van der Waals surface area contributed by atoms with Crippen LogP contribution in [0.2, 0.25) is 0 Å². The monoisotopic (exact) mass is 366 g/mol. The van der Waals surface area contributed by atoms with Crippen LogP contribution in [-0.4, -0.2) is 9.55 Å². The molecule has 0 radical (unpaired) electrons. The van der Waals surface area contributed by atoms with Gasteiger partial charge in [0.2, 0.25) is 0 Å². The lowest BCUT2D eigenvalue weighted by Crippen LogP contribution is -2.05. The molecule has 0 bridgehead atoms. The van der Waals surface area contributed by atoms with Crippen molar-refractivity contribution in [3.8, 4) is 0 Å². The highest BCUT2D eigenvalue weighted by Gasteiger charge is 2.10. The maximum Gasteiger partial charge on any atom is 0.124 e. The van der Waals surface area contributed by atoms with Crippen LogP contribution in [0.3, 0.4) is 0 Å². The van der Waals surface area contributed by atoms with Crippen molar-refractivity contribution >= 4 is 38.6 Å². The number of hydrogen-bond acceptors (Lipinski definition) is 1. The summed E-state index contributed by atoms with van der Waals surface area (Å²) in [7, 11) is 0. The van der Waals surface area contributed by atoms with Crippen molar-refractivity contribution in [3.05, 3.63) is 64.1 Å². The van der Waals surface area contributed by atoms with E-state index in [0.717, 1.165) is 39.9 Å². The topological polar surface area (TPSA) is 17.8 Å². The van der Waals surface area contributed by atoms with Crippen molar-refractivity contribution < 1.29 is 4.39 Å². The number of alkyl halides is 1. The first-order valence-corrected chi connectivity index (χ1v) is 7.95. The second-order valence-corrected chi connectivity index (χ2v) is 6.01. The summed E-state index contributed by atoms with van der Waals surface area (Å²) in [5.74, 6) is 1.01. The normalized spacial score (nSPS) is 11.2. The number of aryl methyl sites for hydroxylation is 2. The van der Waals surface area contributed by atoms with Gasteiger partial charge in [0.25, 0.3) is 0 Å². The minimum absolute atomic E-state index is 0.211. The highest BCUT2D eigenvalue weighted by atomic mass is 79.9. The highest BCUT2D eigenvalue weighted by Crippen LogP contribution is 2.22. The average molecular weight is 368 g/mol. The summed E-state index contributed by atoms with van der Waals surface area (Å²) in [4.78, 5) is 4.55. The Morgan fingerprint density at radius 1 is 1.14 bits per heavy atom. The van der Waals surface area contributed by atoms with E-state index in [-0.39, 0.29) is 5.82 Å². The smallest absolute Gasteiger partial charge is 0.124 e. The van der Waals surface area contributed by atoms with Gasteiger partial charge in [-0.05, 0) is 42.3 Å². The molecule has 0 atom stereocenters. The Morgan fingerprint density at radius 3 is 2.62 bits per heavy atom. The number of fused-ring (bicyclic) bond motifs is 1. The molecule has 2 nitrogen and oxygen atoms in total. The van der Waals surface area contributed by atoms with Crippen molar-refractivity contribution in [1.29, 1.82) is 0 Å². The van der Waals surface area contributed by atoms with E-state index in [0.29, 0.717) is 5.88 Å². The van der Waals surface area contributed by atoms with Gasteiger partial charge >= 0.3 is 0 Å². The molecule has 0 amide bonds. The van der Waals surface area contributed by atoms with E-state index in [1.54, 1.807) is 0 Å². The Labute approximate surface area is 135 Å². The number of halogens is 3. The predicted molar refractivity (Wildman–Crippen MR) is 87.1 cm³/mol. The minimum Gasteiger partial charge on any atom is -0.327 e. The molecule has 0 aliphatic rings. The van der Waals surface area contributed by atoms with Crippen molar-refractivity contribution in [2.45, 2.75) is 18.8 Å². The van der Waals surface area contributed by atoms with E-state index >= 15 is 0 Å². The zero-order valence-electron chi connectivity index (χ0n) is 11.2. The van der Waals surface area contributed by atoms with Gasteiger partial charge in [0.1, 0.15) is 11.6 Å². The highest BCUT2D eigenvalue weighted by molar-refractivity contribution is 9.10. The van der Waals surface area contributed by atoms with Gasteiger partial charge in [-0.3, -0.25) is 0 Å². The van der Waals surface area contributed by atoms with Gasteiger partial charge in [-0.2, -0.15) is 0 Å². The van der Waals surface area contributed by atoms with E-state index in [9.17, 15) is 4.39 Å². The lowest BCUT2D eigenvalue weighted by atomic mass is 10.1. The Hall–Kier alpha value is -1.39. The van der Waals surface area contributed by atoms with E-state index in [1.807, 2.05) is 30.3 Å². The summed E-state index contributed by atoms with van der Waals surface area (Å²) in [6, 6.07) is 12.6. The van der Waals surface area contributed by atoms with Crippen LogP contribution in [-0.2, 0) is 18.8 Å². The van der Waals surface area contributed by atoms with Crippen LogP contribution in [0.25, 0.3) is 11.0 Å². The Kier molecular flexibility index (Phi) is 4.27. The van der Waals surface area contributed by atoms with Crippen LogP contribution in [0.15, 0.2) is 46.9 Å². The summed E-state index contributed by atoms with van der Waals surface area (Å²) < 4.78 is 16.1. The third-order valence-electron chi connectivity index (χ3n) is 3.45. The van der Waals surface area contributed by atoms with Crippen LogP contribution < -0.4 is 0 Å². The molecule has 3 aromatic rings. The summed E-state index contributed by atoms with van der Waals surface area (Å²) >= 11 is 9.49. The second-order valence-electron chi connectivity index (χ2n) is 4.82. The largest absolute Gasteiger partial charge is 0.327 e. The molecule has 0 saturated carbocycles. The van der Waals surface area contributed by atoms with Crippen LogP contribution in [0.4, 0.5) is 4.39 Å². The van der Waals surface area contributed by atoms with Crippen molar-refractivity contribution in [2.75, 3.05) is 0 Å². The fraction of sp³-hybridized carbons (Fsp3) is 0.188. The Morgan fingerprint density at radius 2 is 1.90 bits per heavy atom. The summed E-state index contributed by atoms with van der Waals surface area (Å²) in [6.07, 6.45) is 0.808. The summed E-state index contributed by atoms with van der Waals surface area (Å²) in [6.45, 7) is 0.765. The van der Waals surface area contributed by atoms with Gasteiger partial charge in [0, 0.05) is 11.0 Å². The lowest BCUT2D eigenvalue weighted by molar-refractivity contribution is 0.625.